The molecule has 0 saturated carbocycles. The summed E-state index contributed by atoms with van der Waals surface area (Å²) in [4.78, 5) is 21.3. The molecule has 1 aromatic rings. The third kappa shape index (κ3) is 3.30. The lowest BCUT2D eigenvalue weighted by Gasteiger charge is -2.07. The summed E-state index contributed by atoms with van der Waals surface area (Å²) in [5.41, 5.74) is 0.590. The first-order valence-corrected chi connectivity index (χ1v) is 4.25. The molecule has 0 heterocycles. The van der Waals surface area contributed by atoms with Gasteiger partial charge in [-0.3, -0.25) is 4.79 Å². The van der Waals surface area contributed by atoms with Crippen LogP contribution in [0.1, 0.15) is 10.4 Å². The van der Waals surface area contributed by atoms with Gasteiger partial charge in [-0.25, -0.2) is 0 Å². The zero-order valence-corrected chi connectivity index (χ0v) is 8.15. The summed E-state index contributed by atoms with van der Waals surface area (Å²) in [5, 5.41) is 13.2. The number of benzene rings is 1. The molecule has 0 aliphatic carbocycles. The summed E-state index contributed by atoms with van der Waals surface area (Å²) >= 11 is 0. The van der Waals surface area contributed by atoms with Crippen LogP contribution >= 0.6 is 0 Å². The van der Waals surface area contributed by atoms with E-state index in [2.05, 4.69) is 10.1 Å². The predicted molar refractivity (Wildman–Crippen MR) is 51.3 cm³/mol. The van der Waals surface area contributed by atoms with Gasteiger partial charge in [-0.05, 0) is 17.7 Å². The molecule has 0 aliphatic rings. The molecule has 0 saturated heterocycles. The van der Waals surface area contributed by atoms with Crippen LogP contribution in [-0.4, -0.2) is 25.6 Å². The molecule has 0 aliphatic heterocycles. The van der Waals surface area contributed by atoms with Crippen LogP contribution in [0.2, 0.25) is 0 Å². The van der Waals surface area contributed by atoms with Gasteiger partial charge in [-0.15, -0.1) is 0 Å². The molecule has 15 heavy (non-hydrogen) atoms. The molecule has 1 N–H and O–H groups in total. The van der Waals surface area contributed by atoms with Gasteiger partial charge in [0.05, 0.1) is 13.1 Å². The fourth-order valence-corrected chi connectivity index (χ4v) is 1.00. The topological polar surface area (TPSA) is 78.5 Å². The molecule has 0 atom stereocenters. The van der Waals surface area contributed by atoms with Crippen molar-refractivity contribution in [1.29, 1.82) is 0 Å². The van der Waals surface area contributed by atoms with Crippen molar-refractivity contribution < 1.29 is 19.4 Å². The van der Waals surface area contributed by atoms with Crippen molar-refractivity contribution in [3.05, 3.63) is 29.8 Å². The van der Waals surface area contributed by atoms with E-state index in [4.69, 9.17) is 0 Å². The zero-order valence-electron chi connectivity index (χ0n) is 8.15. The second-order valence-electron chi connectivity index (χ2n) is 2.80. The number of nitrogens with one attached hydrogen (secondary N) is 1. The minimum atomic E-state index is -1.25. The number of esters is 1. The van der Waals surface area contributed by atoms with Crippen LogP contribution in [0.5, 0.6) is 0 Å². The van der Waals surface area contributed by atoms with E-state index in [0.717, 1.165) is 0 Å². The highest BCUT2D eigenvalue weighted by Crippen LogP contribution is 2.09. The van der Waals surface area contributed by atoms with E-state index >= 15 is 0 Å². The van der Waals surface area contributed by atoms with Crippen molar-refractivity contribution >= 4 is 17.6 Å². The Labute approximate surface area is 86.7 Å². The molecule has 1 aromatic carbocycles. The van der Waals surface area contributed by atoms with Crippen LogP contribution in [-0.2, 0) is 9.53 Å². The molecule has 0 aromatic heterocycles. The summed E-state index contributed by atoms with van der Waals surface area (Å²) < 4.78 is 4.42. The molecule has 0 amide bonds. The van der Waals surface area contributed by atoms with Crippen molar-refractivity contribution in [3.63, 3.8) is 0 Å². The smallest absolute Gasteiger partial charge is 0.325 e. The molecule has 0 spiro atoms. The largest absolute Gasteiger partial charge is 0.545 e. The average Bonchev–Trinajstić information content (AvgIpc) is 2.26. The van der Waals surface area contributed by atoms with Crippen LogP contribution < -0.4 is 10.4 Å². The molecular formula is C10H10NO4-. The van der Waals surface area contributed by atoms with Crippen LogP contribution in [0.3, 0.4) is 0 Å². The van der Waals surface area contributed by atoms with E-state index in [1.54, 1.807) is 12.1 Å². The number of rotatable bonds is 4. The lowest BCUT2D eigenvalue weighted by Crippen LogP contribution is -2.22. The molecule has 0 unspecified atom stereocenters. The Morgan fingerprint density at radius 1 is 1.47 bits per heavy atom. The van der Waals surface area contributed by atoms with Crippen LogP contribution in [0, 0.1) is 0 Å². The Kier molecular flexibility index (Phi) is 3.68. The highest BCUT2D eigenvalue weighted by atomic mass is 16.5. The van der Waals surface area contributed by atoms with Gasteiger partial charge >= 0.3 is 5.97 Å². The monoisotopic (exact) mass is 208 g/mol. The van der Waals surface area contributed by atoms with E-state index in [1.165, 1.54) is 19.2 Å². The Hall–Kier alpha value is -2.04. The van der Waals surface area contributed by atoms with Gasteiger partial charge in [0.25, 0.3) is 0 Å². The van der Waals surface area contributed by atoms with Crippen molar-refractivity contribution in [2.24, 2.45) is 0 Å². The molecule has 5 nitrogen and oxygen atoms in total. The van der Waals surface area contributed by atoms with Gasteiger partial charge in [0.2, 0.25) is 0 Å². The van der Waals surface area contributed by atoms with E-state index < -0.39 is 11.9 Å². The lowest BCUT2D eigenvalue weighted by atomic mass is 10.2. The van der Waals surface area contributed by atoms with Crippen molar-refractivity contribution in [2.75, 3.05) is 19.0 Å². The summed E-state index contributed by atoms with van der Waals surface area (Å²) in [7, 11) is 1.28. The molecule has 5 heteroatoms. The number of methoxy groups -OCH3 is 1. The number of carbonyl (C=O) groups is 2. The third-order valence-electron chi connectivity index (χ3n) is 1.76. The number of carboxylic acid groups (broad SMARTS) is 1. The van der Waals surface area contributed by atoms with Gasteiger partial charge in [-0.2, -0.15) is 0 Å². The lowest BCUT2D eigenvalue weighted by molar-refractivity contribution is -0.255. The van der Waals surface area contributed by atoms with Gasteiger partial charge in [0.1, 0.15) is 6.54 Å². The SMILES string of the molecule is COC(=O)CNc1cccc(C(=O)[O-])c1. The van der Waals surface area contributed by atoms with Crippen molar-refractivity contribution in [3.8, 4) is 0 Å². The first kappa shape index (κ1) is 11.0. The fraction of sp³-hybridized carbons (Fsp3) is 0.200. The zero-order chi connectivity index (χ0) is 11.3. The highest BCUT2D eigenvalue weighted by Gasteiger charge is 2.00. The second-order valence-corrected chi connectivity index (χ2v) is 2.80. The van der Waals surface area contributed by atoms with E-state index in [0.29, 0.717) is 5.69 Å². The highest BCUT2D eigenvalue weighted by molar-refractivity contribution is 5.87. The maximum Gasteiger partial charge on any atom is 0.325 e. The standard InChI is InChI=1S/C10H11NO4/c1-15-9(12)6-11-8-4-2-3-7(5-8)10(13)14/h2-5,11H,6H2,1H3,(H,13,14)/p-1. The predicted octanol–water partition coefficient (Wildman–Crippen LogP) is -0.365. The Bertz CT molecular complexity index is 375. The Morgan fingerprint density at radius 2 is 2.20 bits per heavy atom. The van der Waals surface area contributed by atoms with Crippen LogP contribution in [0.4, 0.5) is 5.69 Å². The van der Waals surface area contributed by atoms with Gasteiger partial charge in [0.15, 0.2) is 0 Å². The minimum Gasteiger partial charge on any atom is -0.545 e. The fourth-order valence-electron chi connectivity index (χ4n) is 1.00. The number of ether oxygens (including phenoxy) is 1. The summed E-state index contributed by atoms with van der Waals surface area (Å²) in [6.45, 7) is -0.00694. The summed E-state index contributed by atoms with van der Waals surface area (Å²) in [5.74, 6) is -1.68. The maximum absolute atomic E-state index is 10.8. The second kappa shape index (κ2) is 4.99. The Morgan fingerprint density at radius 3 is 2.80 bits per heavy atom. The first-order chi connectivity index (χ1) is 7.13. The number of anilines is 1. The van der Waals surface area contributed by atoms with Gasteiger partial charge in [-0.1, -0.05) is 12.1 Å². The Balaban J connectivity index is 2.66. The van der Waals surface area contributed by atoms with E-state index in [1.807, 2.05) is 0 Å². The van der Waals surface area contributed by atoms with E-state index in [9.17, 15) is 14.7 Å². The quantitative estimate of drug-likeness (QED) is 0.683. The minimum absolute atomic E-state index is 0.00694. The molecular weight excluding hydrogens is 198 g/mol. The molecule has 80 valence electrons. The van der Waals surface area contributed by atoms with Gasteiger partial charge < -0.3 is 20.0 Å². The third-order valence-corrected chi connectivity index (χ3v) is 1.76. The summed E-state index contributed by atoms with van der Waals surface area (Å²) in [6.07, 6.45) is 0. The van der Waals surface area contributed by atoms with Crippen LogP contribution in [0.25, 0.3) is 0 Å². The maximum atomic E-state index is 10.8. The van der Waals surface area contributed by atoms with E-state index in [-0.39, 0.29) is 12.1 Å². The first-order valence-electron chi connectivity index (χ1n) is 4.25. The normalized spacial score (nSPS) is 9.40. The molecule has 0 bridgehead atoms. The number of aromatic carboxylic acids is 1. The number of carbonyl (C=O) groups excluding carboxylic acids is 2. The number of hydrogen-bond acceptors (Lipinski definition) is 5. The molecule has 0 fully saturated rings. The van der Waals surface area contributed by atoms with Crippen molar-refractivity contribution in [1.82, 2.24) is 0 Å². The van der Waals surface area contributed by atoms with Gasteiger partial charge in [0, 0.05) is 5.69 Å². The summed E-state index contributed by atoms with van der Waals surface area (Å²) in [6, 6.07) is 6.01. The number of hydrogen-bond donors (Lipinski definition) is 1. The number of carboxylic acids is 1. The molecule has 1 rings (SSSR count). The molecule has 0 radical (unpaired) electrons. The average molecular weight is 208 g/mol. The van der Waals surface area contributed by atoms with Crippen molar-refractivity contribution in [2.45, 2.75) is 0 Å². The van der Waals surface area contributed by atoms with Crippen LogP contribution in [0.15, 0.2) is 24.3 Å².